The third-order valence-corrected chi connectivity index (χ3v) is 6.94. The molecule has 2 aromatic heterocycles. The zero-order chi connectivity index (χ0) is 21.8. The van der Waals surface area contributed by atoms with Crippen LogP contribution in [0.5, 0.6) is 0 Å². The van der Waals surface area contributed by atoms with Crippen LogP contribution in [0.4, 0.5) is 0 Å². The summed E-state index contributed by atoms with van der Waals surface area (Å²) in [5, 5.41) is 10.7. The number of amides is 1. The van der Waals surface area contributed by atoms with Crippen molar-refractivity contribution in [2.45, 2.75) is 43.8 Å². The van der Waals surface area contributed by atoms with Gasteiger partial charge in [0.05, 0.1) is 5.52 Å². The van der Waals surface area contributed by atoms with Crippen LogP contribution in [0.25, 0.3) is 22.1 Å². The van der Waals surface area contributed by atoms with Crippen molar-refractivity contribution in [3.8, 4) is 0 Å². The van der Waals surface area contributed by atoms with Gasteiger partial charge in [0.2, 0.25) is 11.1 Å². The Morgan fingerprint density at radius 1 is 0.938 bits per heavy atom. The highest BCUT2D eigenvalue weighted by molar-refractivity contribution is 7.99. The number of fused-ring (bicyclic) bond motifs is 3. The van der Waals surface area contributed by atoms with Crippen molar-refractivity contribution < 1.29 is 4.79 Å². The lowest BCUT2D eigenvalue weighted by Crippen LogP contribution is -2.27. The minimum Gasteiger partial charge on any atom is -0.343 e. The molecule has 1 saturated heterocycles. The first-order valence-corrected chi connectivity index (χ1v) is 12.3. The second-order valence-electron chi connectivity index (χ2n) is 8.25. The Labute approximate surface area is 192 Å². The van der Waals surface area contributed by atoms with Crippen molar-refractivity contribution in [2.24, 2.45) is 0 Å². The molecule has 3 heterocycles. The standard InChI is InChI=1S/C25H27N5OS/c31-22(29-15-7-8-16-29)14-6-9-17-32-25-26-24-23(27-28-25)20-12-4-5-13-21(20)30(24)18-19-10-2-1-3-11-19/h1-5,10-13H,6-9,14-18H2. The number of rotatable bonds is 8. The van der Waals surface area contributed by atoms with E-state index >= 15 is 0 Å². The molecule has 0 N–H and O–H groups in total. The number of aromatic nitrogens is 4. The van der Waals surface area contributed by atoms with E-state index in [1.807, 2.05) is 17.0 Å². The highest BCUT2D eigenvalue weighted by atomic mass is 32.2. The Kier molecular flexibility index (Phi) is 6.34. The summed E-state index contributed by atoms with van der Waals surface area (Å²) in [7, 11) is 0. The summed E-state index contributed by atoms with van der Waals surface area (Å²) in [6, 6.07) is 18.7. The SMILES string of the molecule is O=C(CCCCSc1nnc2c3ccccc3n(Cc3ccccc3)c2n1)N1CCCC1. The first-order valence-electron chi connectivity index (χ1n) is 11.4. The zero-order valence-electron chi connectivity index (χ0n) is 18.1. The molecule has 0 atom stereocenters. The molecule has 5 rings (SSSR count). The molecule has 0 saturated carbocycles. The maximum Gasteiger partial charge on any atom is 0.222 e. The molecule has 1 fully saturated rings. The molecule has 0 bridgehead atoms. The van der Waals surface area contributed by atoms with Crippen molar-refractivity contribution in [3.05, 3.63) is 60.2 Å². The fraction of sp³-hybridized carbons (Fsp3) is 0.360. The van der Waals surface area contributed by atoms with E-state index in [1.54, 1.807) is 11.8 Å². The average Bonchev–Trinajstić information content (AvgIpc) is 3.47. The number of unbranched alkanes of at least 4 members (excludes halogenated alkanes) is 1. The number of para-hydroxylation sites is 1. The maximum atomic E-state index is 12.2. The van der Waals surface area contributed by atoms with E-state index in [9.17, 15) is 4.79 Å². The van der Waals surface area contributed by atoms with Gasteiger partial charge in [-0.15, -0.1) is 10.2 Å². The monoisotopic (exact) mass is 445 g/mol. The summed E-state index contributed by atoms with van der Waals surface area (Å²) >= 11 is 1.62. The molecular formula is C25H27N5OS. The van der Waals surface area contributed by atoms with Gasteiger partial charge in [-0.1, -0.05) is 60.3 Å². The molecule has 2 aromatic carbocycles. The van der Waals surface area contributed by atoms with Crippen molar-refractivity contribution in [1.82, 2.24) is 24.6 Å². The first kappa shape index (κ1) is 20.9. The molecule has 4 aromatic rings. The van der Waals surface area contributed by atoms with E-state index in [0.29, 0.717) is 17.5 Å². The van der Waals surface area contributed by atoms with Gasteiger partial charge in [0.25, 0.3) is 0 Å². The van der Waals surface area contributed by atoms with E-state index in [0.717, 1.165) is 73.1 Å². The van der Waals surface area contributed by atoms with Gasteiger partial charge in [-0.25, -0.2) is 4.98 Å². The number of carbonyl (C=O) groups is 1. The second kappa shape index (κ2) is 9.69. The molecule has 0 aliphatic carbocycles. The van der Waals surface area contributed by atoms with Gasteiger partial charge in [-0.3, -0.25) is 4.79 Å². The number of likely N-dealkylation sites (tertiary alicyclic amines) is 1. The summed E-state index contributed by atoms with van der Waals surface area (Å²) in [5.41, 5.74) is 4.07. The molecule has 6 nitrogen and oxygen atoms in total. The molecule has 0 spiro atoms. The number of hydrogen-bond donors (Lipinski definition) is 0. The largest absolute Gasteiger partial charge is 0.343 e. The third-order valence-electron chi connectivity index (χ3n) is 6.01. The van der Waals surface area contributed by atoms with Gasteiger partial charge in [0, 0.05) is 37.2 Å². The minimum atomic E-state index is 0.303. The predicted octanol–water partition coefficient (Wildman–Crippen LogP) is 4.91. The Morgan fingerprint density at radius 2 is 1.72 bits per heavy atom. The van der Waals surface area contributed by atoms with Crippen LogP contribution < -0.4 is 0 Å². The van der Waals surface area contributed by atoms with Crippen LogP contribution in [0.3, 0.4) is 0 Å². The summed E-state index contributed by atoms with van der Waals surface area (Å²) in [6.07, 6.45) is 4.82. The number of carbonyl (C=O) groups excluding carboxylic acids is 1. The van der Waals surface area contributed by atoms with Crippen LogP contribution in [0, 0.1) is 0 Å². The molecule has 1 aliphatic heterocycles. The molecule has 164 valence electrons. The van der Waals surface area contributed by atoms with Crippen LogP contribution in [0.15, 0.2) is 59.8 Å². The third kappa shape index (κ3) is 4.48. The zero-order valence-corrected chi connectivity index (χ0v) is 18.9. The Morgan fingerprint density at radius 3 is 2.56 bits per heavy atom. The molecule has 1 amide bonds. The van der Waals surface area contributed by atoms with E-state index in [1.165, 1.54) is 5.56 Å². The molecule has 1 aliphatic rings. The summed E-state index contributed by atoms with van der Waals surface area (Å²) in [4.78, 5) is 19.1. The predicted molar refractivity (Wildman–Crippen MR) is 129 cm³/mol. The minimum absolute atomic E-state index is 0.303. The number of thioether (sulfide) groups is 1. The quantitative estimate of drug-likeness (QED) is 0.285. The van der Waals surface area contributed by atoms with Gasteiger partial charge in [-0.05, 0) is 37.3 Å². The summed E-state index contributed by atoms with van der Waals surface area (Å²) < 4.78 is 2.23. The highest BCUT2D eigenvalue weighted by Gasteiger charge is 2.17. The van der Waals surface area contributed by atoms with E-state index in [2.05, 4.69) is 57.2 Å². The summed E-state index contributed by atoms with van der Waals surface area (Å²) in [6.45, 7) is 2.61. The summed E-state index contributed by atoms with van der Waals surface area (Å²) in [5.74, 6) is 1.19. The fourth-order valence-corrected chi connectivity index (χ4v) is 5.12. The van der Waals surface area contributed by atoms with Crippen molar-refractivity contribution >= 4 is 39.7 Å². The lowest BCUT2D eigenvalue weighted by atomic mass is 10.2. The second-order valence-corrected chi connectivity index (χ2v) is 9.31. The molecule has 0 radical (unpaired) electrons. The number of benzene rings is 2. The van der Waals surface area contributed by atoms with Crippen molar-refractivity contribution in [2.75, 3.05) is 18.8 Å². The van der Waals surface area contributed by atoms with Gasteiger partial charge in [0.1, 0.15) is 5.52 Å². The Balaban J connectivity index is 1.29. The van der Waals surface area contributed by atoms with Crippen LogP contribution in [0.2, 0.25) is 0 Å². The smallest absolute Gasteiger partial charge is 0.222 e. The van der Waals surface area contributed by atoms with Gasteiger partial charge >= 0.3 is 0 Å². The van der Waals surface area contributed by atoms with Crippen LogP contribution in [0.1, 0.15) is 37.7 Å². The van der Waals surface area contributed by atoms with E-state index in [4.69, 9.17) is 4.98 Å². The van der Waals surface area contributed by atoms with Gasteiger partial charge < -0.3 is 9.47 Å². The first-order chi connectivity index (χ1) is 15.8. The normalized spacial score (nSPS) is 13.9. The lowest BCUT2D eigenvalue weighted by Gasteiger charge is -2.14. The van der Waals surface area contributed by atoms with Crippen molar-refractivity contribution in [1.29, 1.82) is 0 Å². The average molecular weight is 446 g/mol. The lowest BCUT2D eigenvalue weighted by molar-refractivity contribution is -0.130. The topological polar surface area (TPSA) is 63.9 Å². The van der Waals surface area contributed by atoms with Crippen LogP contribution in [-0.2, 0) is 11.3 Å². The Bertz CT molecular complexity index is 1220. The van der Waals surface area contributed by atoms with Crippen LogP contribution in [-0.4, -0.2) is 49.4 Å². The molecule has 32 heavy (non-hydrogen) atoms. The van der Waals surface area contributed by atoms with Crippen molar-refractivity contribution in [3.63, 3.8) is 0 Å². The highest BCUT2D eigenvalue weighted by Crippen LogP contribution is 2.28. The maximum absolute atomic E-state index is 12.2. The number of hydrogen-bond acceptors (Lipinski definition) is 5. The fourth-order valence-electron chi connectivity index (χ4n) is 4.34. The molecular weight excluding hydrogens is 418 g/mol. The van der Waals surface area contributed by atoms with E-state index in [-0.39, 0.29) is 0 Å². The number of nitrogens with zero attached hydrogens (tertiary/aromatic N) is 5. The Hall–Kier alpha value is -2.93. The molecule has 7 heteroatoms. The van der Waals surface area contributed by atoms with Gasteiger partial charge in [-0.2, -0.15) is 0 Å². The van der Waals surface area contributed by atoms with Gasteiger partial charge in [0.15, 0.2) is 5.65 Å². The molecule has 0 unspecified atom stereocenters. The van der Waals surface area contributed by atoms with E-state index < -0.39 is 0 Å². The van der Waals surface area contributed by atoms with Crippen LogP contribution >= 0.6 is 11.8 Å².